The van der Waals surface area contributed by atoms with Crippen molar-refractivity contribution in [2.45, 2.75) is 19.5 Å². The molecule has 0 spiro atoms. The molecule has 3 aromatic rings. The maximum absolute atomic E-state index is 12.8. The molecule has 0 unspecified atom stereocenters. The normalized spacial score (nSPS) is 15.1. The Kier molecular flexibility index (Phi) is 4.04. The fraction of sp³-hybridized carbons (Fsp3) is 0.211. The Bertz CT molecular complexity index is 1040. The number of furan rings is 1. The zero-order chi connectivity index (χ0) is 18.1. The molecular weight excluding hydrogens is 334 g/mol. The van der Waals surface area contributed by atoms with Crippen LogP contribution < -0.4 is 5.56 Å². The van der Waals surface area contributed by atoms with Gasteiger partial charge in [0.2, 0.25) is 5.91 Å². The first kappa shape index (κ1) is 16.1. The zero-order valence-corrected chi connectivity index (χ0v) is 14.0. The Morgan fingerprint density at radius 3 is 2.69 bits per heavy atom. The molecule has 26 heavy (non-hydrogen) atoms. The summed E-state index contributed by atoms with van der Waals surface area (Å²) in [4.78, 5) is 42.2. The minimum absolute atomic E-state index is 0.0313. The van der Waals surface area contributed by atoms with E-state index >= 15 is 0 Å². The van der Waals surface area contributed by atoms with Crippen LogP contribution in [0.3, 0.4) is 0 Å². The van der Waals surface area contributed by atoms with Crippen LogP contribution in [0, 0.1) is 0 Å². The van der Waals surface area contributed by atoms with Crippen molar-refractivity contribution >= 4 is 22.9 Å². The lowest BCUT2D eigenvalue weighted by atomic mass is 10.1. The van der Waals surface area contributed by atoms with E-state index in [0.29, 0.717) is 18.7 Å². The number of carbonyl (C=O) groups excluding carboxylic acids is 2. The number of nitrogens with one attached hydrogen (secondary N) is 1. The number of amides is 3. The number of urea groups is 1. The molecule has 7 heteroatoms. The topological polar surface area (TPSA) is 86.6 Å². The van der Waals surface area contributed by atoms with E-state index < -0.39 is 6.03 Å². The first-order valence-electron chi connectivity index (χ1n) is 8.34. The van der Waals surface area contributed by atoms with Gasteiger partial charge in [0.05, 0.1) is 19.4 Å². The number of aromatic nitrogens is 1. The molecule has 4 rings (SSSR count). The van der Waals surface area contributed by atoms with Crippen LogP contribution in [0.2, 0.25) is 0 Å². The second-order valence-electron chi connectivity index (χ2n) is 6.22. The zero-order valence-electron chi connectivity index (χ0n) is 14.0. The summed E-state index contributed by atoms with van der Waals surface area (Å²) >= 11 is 0. The van der Waals surface area contributed by atoms with Crippen LogP contribution in [0.1, 0.15) is 17.5 Å². The molecule has 1 aliphatic rings. The van der Waals surface area contributed by atoms with Crippen LogP contribution in [0.25, 0.3) is 11.0 Å². The van der Waals surface area contributed by atoms with Gasteiger partial charge in [0, 0.05) is 35.7 Å². The SMILES string of the molecule is O=C1CCN(Cc2coc3ccccc23)C(=O)N1Cc1ccc[nH]c1=O. The van der Waals surface area contributed by atoms with Crippen molar-refractivity contribution in [3.8, 4) is 0 Å². The van der Waals surface area contributed by atoms with E-state index in [2.05, 4.69) is 4.98 Å². The molecule has 3 heterocycles. The number of benzene rings is 1. The highest BCUT2D eigenvalue weighted by molar-refractivity contribution is 5.97. The highest BCUT2D eigenvalue weighted by Crippen LogP contribution is 2.24. The second kappa shape index (κ2) is 6.51. The third kappa shape index (κ3) is 2.88. The van der Waals surface area contributed by atoms with Crippen LogP contribution in [0.15, 0.2) is 58.1 Å². The number of hydrogen-bond donors (Lipinski definition) is 1. The smallest absolute Gasteiger partial charge is 0.327 e. The summed E-state index contributed by atoms with van der Waals surface area (Å²) in [5.41, 5.74) is 1.73. The number of aromatic amines is 1. The molecule has 2 aromatic heterocycles. The number of nitrogens with zero attached hydrogens (tertiary/aromatic N) is 2. The van der Waals surface area contributed by atoms with Crippen LogP contribution in [0.4, 0.5) is 4.79 Å². The molecule has 0 radical (unpaired) electrons. The Hall–Kier alpha value is -3.35. The molecule has 0 saturated carbocycles. The van der Waals surface area contributed by atoms with Gasteiger partial charge in [0.1, 0.15) is 5.58 Å². The number of imide groups is 1. The third-order valence-electron chi connectivity index (χ3n) is 4.55. The van der Waals surface area contributed by atoms with Gasteiger partial charge in [-0.15, -0.1) is 0 Å². The Labute approximate surface area is 148 Å². The highest BCUT2D eigenvalue weighted by atomic mass is 16.3. The van der Waals surface area contributed by atoms with Crippen molar-refractivity contribution in [2.24, 2.45) is 0 Å². The minimum Gasteiger partial charge on any atom is -0.464 e. The minimum atomic E-state index is -0.394. The van der Waals surface area contributed by atoms with Gasteiger partial charge in [0.25, 0.3) is 5.56 Å². The molecule has 7 nitrogen and oxygen atoms in total. The predicted octanol–water partition coefficient (Wildman–Crippen LogP) is 2.48. The van der Waals surface area contributed by atoms with E-state index in [-0.39, 0.29) is 24.4 Å². The average molecular weight is 351 g/mol. The molecule has 0 aliphatic carbocycles. The monoisotopic (exact) mass is 351 g/mol. The van der Waals surface area contributed by atoms with Gasteiger partial charge in [-0.25, -0.2) is 4.79 Å². The summed E-state index contributed by atoms with van der Waals surface area (Å²) < 4.78 is 5.52. The number of H-pyrrole nitrogens is 1. The quantitative estimate of drug-likeness (QED) is 0.782. The van der Waals surface area contributed by atoms with Crippen LogP contribution in [-0.2, 0) is 17.9 Å². The summed E-state index contributed by atoms with van der Waals surface area (Å²) in [7, 11) is 0. The van der Waals surface area contributed by atoms with E-state index in [1.54, 1.807) is 23.3 Å². The van der Waals surface area contributed by atoms with Gasteiger partial charge in [-0.1, -0.05) is 24.3 Å². The molecule has 132 valence electrons. The first-order chi connectivity index (χ1) is 12.6. The maximum atomic E-state index is 12.8. The van der Waals surface area contributed by atoms with E-state index in [1.807, 2.05) is 24.3 Å². The number of para-hydroxylation sites is 1. The first-order valence-corrected chi connectivity index (χ1v) is 8.34. The highest BCUT2D eigenvalue weighted by Gasteiger charge is 2.32. The van der Waals surface area contributed by atoms with Crippen molar-refractivity contribution in [3.05, 3.63) is 70.3 Å². The molecular formula is C19H17N3O4. The number of rotatable bonds is 4. The fourth-order valence-corrected chi connectivity index (χ4v) is 3.15. The van der Waals surface area contributed by atoms with Crippen LogP contribution >= 0.6 is 0 Å². The van der Waals surface area contributed by atoms with Gasteiger partial charge in [0.15, 0.2) is 0 Å². The molecule has 1 fully saturated rings. The number of fused-ring (bicyclic) bond motifs is 1. The number of pyridine rings is 1. The molecule has 0 atom stereocenters. The van der Waals surface area contributed by atoms with Gasteiger partial charge >= 0.3 is 6.03 Å². The summed E-state index contributed by atoms with van der Waals surface area (Å²) in [6, 6.07) is 10.5. The lowest BCUT2D eigenvalue weighted by Gasteiger charge is -2.33. The van der Waals surface area contributed by atoms with Crippen LogP contribution in [0.5, 0.6) is 0 Å². The standard InChI is InChI=1S/C19H17N3O4/c23-17-7-9-21(10-14-12-26-16-6-2-1-5-15(14)16)19(25)22(17)11-13-4-3-8-20-18(13)24/h1-6,8,12H,7,9-11H2,(H,20,24). The van der Waals surface area contributed by atoms with Crippen LogP contribution in [-0.4, -0.2) is 33.3 Å². The summed E-state index contributed by atoms with van der Waals surface area (Å²) in [5, 5.41) is 0.947. The Morgan fingerprint density at radius 1 is 1.00 bits per heavy atom. The lowest BCUT2D eigenvalue weighted by molar-refractivity contribution is -0.131. The largest absolute Gasteiger partial charge is 0.464 e. The van der Waals surface area contributed by atoms with Gasteiger partial charge in [-0.05, 0) is 12.1 Å². The van der Waals surface area contributed by atoms with E-state index in [9.17, 15) is 14.4 Å². The van der Waals surface area contributed by atoms with Crippen molar-refractivity contribution in [3.63, 3.8) is 0 Å². The Balaban J connectivity index is 1.56. The van der Waals surface area contributed by atoms with Gasteiger partial charge in [-0.3, -0.25) is 14.5 Å². The lowest BCUT2D eigenvalue weighted by Crippen LogP contribution is -2.51. The summed E-state index contributed by atoms with van der Waals surface area (Å²) in [6.45, 7) is 0.667. The van der Waals surface area contributed by atoms with Crippen molar-refractivity contribution < 1.29 is 14.0 Å². The van der Waals surface area contributed by atoms with Crippen molar-refractivity contribution in [1.29, 1.82) is 0 Å². The molecule has 1 aromatic carbocycles. The molecule has 0 bridgehead atoms. The average Bonchev–Trinajstić information content (AvgIpc) is 3.05. The van der Waals surface area contributed by atoms with E-state index in [1.165, 1.54) is 6.20 Å². The third-order valence-corrected chi connectivity index (χ3v) is 4.55. The summed E-state index contributed by atoms with van der Waals surface area (Å²) in [6.07, 6.45) is 3.38. The summed E-state index contributed by atoms with van der Waals surface area (Å²) in [5.74, 6) is -0.272. The van der Waals surface area contributed by atoms with Gasteiger partial charge in [-0.2, -0.15) is 0 Å². The molecule has 1 saturated heterocycles. The molecule has 1 aliphatic heterocycles. The second-order valence-corrected chi connectivity index (χ2v) is 6.22. The number of hydrogen-bond acceptors (Lipinski definition) is 4. The predicted molar refractivity (Wildman–Crippen MR) is 94.2 cm³/mol. The molecule has 1 N–H and O–H groups in total. The van der Waals surface area contributed by atoms with Crippen molar-refractivity contribution in [1.82, 2.24) is 14.8 Å². The van der Waals surface area contributed by atoms with E-state index in [0.717, 1.165) is 21.4 Å². The van der Waals surface area contributed by atoms with Gasteiger partial charge < -0.3 is 14.3 Å². The maximum Gasteiger partial charge on any atom is 0.327 e. The fourth-order valence-electron chi connectivity index (χ4n) is 3.15. The Morgan fingerprint density at radius 2 is 1.85 bits per heavy atom. The molecule has 3 amide bonds. The van der Waals surface area contributed by atoms with E-state index in [4.69, 9.17) is 4.42 Å². The van der Waals surface area contributed by atoms with Crippen molar-refractivity contribution in [2.75, 3.05) is 6.54 Å². The number of carbonyl (C=O) groups is 2.